The van der Waals surface area contributed by atoms with Gasteiger partial charge in [-0.2, -0.15) is 0 Å². The monoisotopic (exact) mass is 251 g/mol. The standard InChI is InChI=1S/C14H21NOS/c1-10(2)9-15-14(16)12-5-7-13(8-6-12)17-11(3)4/h5-8,10-11H,9H2,1-4H3,(H,15,16). The molecule has 0 aliphatic rings. The topological polar surface area (TPSA) is 29.1 Å². The molecule has 0 aromatic heterocycles. The molecule has 0 atom stereocenters. The van der Waals surface area contributed by atoms with E-state index >= 15 is 0 Å². The fourth-order valence-electron chi connectivity index (χ4n) is 1.36. The van der Waals surface area contributed by atoms with Crippen LogP contribution in [0.5, 0.6) is 0 Å². The van der Waals surface area contributed by atoms with Crippen LogP contribution in [0.25, 0.3) is 0 Å². The summed E-state index contributed by atoms with van der Waals surface area (Å²) in [6.45, 7) is 9.22. The molecule has 0 spiro atoms. The summed E-state index contributed by atoms with van der Waals surface area (Å²) in [5.41, 5.74) is 0.735. The molecular weight excluding hydrogens is 230 g/mol. The van der Waals surface area contributed by atoms with Crippen LogP contribution in [-0.2, 0) is 0 Å². The van der Waals surface area contributed by atoms with Crippen molar-refractivity contribution < 1.29 is 4.79 Å². The lowest BCUT2D eigenvalue weighted by Crippen LogP contribution is -2.27. The summed E-state index contributed by atoms with van der Waals surface area (Å²) in [5, 5.41) is 3.48. The van der Waals surface area contributed by atoms with E-state index in [-0.39, 0.29) is 5.91 Å². The third-order valence-corrected chi connectivity index (χ3v) is 3.17. The molecule has 0 saturated carbocycles. The van der Waals surface area contributed by atoms with Crippen LogP contribution in [0.3, 0.4) is 0 Å². The van der Waals surface area contributed by atoms with Crippen molar-refractivity contribution in [2.75, 3.05) is 6.54 Å². The van der Waals surface area contributed by atoms with Crippen molar-refractivity contribution in [1.29, 1.82) is 0 Å². The molecule has 0 radical (unpaired) electrons. The molecule has 94 valence electrons. The van der Waals surface area contributed by atoms with Gasteiger partial charge in [0.25, 0.3) is 5.91 Å². The average molecular weight is 251 g/mol. The predicted molar refractivity (Wildman–Crippen MR) is 74.6 cm³/mol. The molecule has 1 N–H and O–H groups in total. The summed E-state index contributed by atoms with van der Waals surface area (Å²) in [7, 11) is 0. The van der Waals surface area contributed by atoms with E-state index in [1.165, 1.54) is 4.90 Å². The smallest absolute Gasteiger partial charge is 0.251 e. The first kappa shape index (κ1) is 14.1. The summed E-state index contributed by atoms with van der Waals surface area (Å²) in [6.07, 6.45) is 0. The van der Waals surface area contributed by atoms with E-state index in [9.17, 15) is 4.79 Å². The van der Waals surface area contributed by atoms with Crippen LogP contribution in [0.4, 0.5) is 0 Å². The maximum atomic E-state index is 11.8. The van der Waals surface area contributed by atoms with Gasteiger partial charge in [-0.3, -0.25) is 4.79 Å². The highest BCUT2D eigenvalue weighted by molar-refractivity contribution is 7.99. The Morgan fingerprint density at radius 1 is 1.18 bits per heavy atom. The van der Waals surface area contributed by atoms with Crippen molar-refractivity contribution in [1.82, 2.24) is 5.32 Å². The van der Waals surface area contributed by atoms with E-state index in [1.807, 2.05) is 24.3 Å². The van der Waals surface area contributed by atoms with Crippen molar-refractivity contribution in [3.8, 4) is 0 Å². The predicted octanol–water partition coefficient (Wildman–Crippen LogP) is 3.57. The van der Waals surface area contributed by atoms with E-state index in [4.69, 9.17) is 0 Å². The van der Waals surface area contributed by atoms with Crippen LogP contribution in [-0.4, -0.2) is 17.7 Å². The third kappa shape index (κ3) is 5.26. The summed E-state index contributed by atoms with van der Waals surface area (Å²) >= 11 is 1.81. The molecule has 0 bridgehead atoms. The second kappa shape index (κ2) is 6.70. The van der Waals surface area contributed by atoms with Gasteiger partial charge >= 0.3 is 0 Å². The van der Waals surface area contributed by atoms with Gasteiger partial charge in [-0.1, -0.05) is 27.7 Å². The Hall–Kier alpha value is -0.960. The highest BCUT2D eigenvalue weighted by atomic mass is 32.2. The Bertz CT molecular complexity index is 357. The molecule has 1 aromatic carbocycles. The number of nitrogens with one attached hydrogen (secondary N) is 1. The van der Waals surface area contributed by atoms with Crippen LogP contribution >= 0.6 is 11.8 Å². The number of carbonyl (C=O) groups excluding carboxylic acids is 1. The van der Waals surface area contributed by atoms with Gasteiger partial charge in [0.2, 0.25) is 0 Å². The SMILES string of the molecule is CC(C)CNC(=O)c1ccc(SC(C)C)cc1. The molecule has 17 heavy (non-hydrogen) atoms. The zero-order chi connectivity index (χ0) is 12.8. The highest BCUT2D eigenvalue weighted by Gasteiger charge is 2.06. The van der Waals surface area contributed by atoms with Crippen LogP contribution in [0.15, 0.2) is 29.2 Å². The minimum atomic E-state index is 0.0137. The summed E-state index contributed by atoms with van der Waals surface area (Å²) < 4.78 is 0. The van der Waals surface area contributed by atoms with Crippen LogP contribution < -0.4 is 5.32 Å². The van der Waals surface area contributed by atoms with E-state index in [0.717, 1.165) is 12.1 Å². The van der Waals surface area contributed by atoms with Gasteiger partial charge in [-0.05, 0) is 30.2 Å². The molecule has 2 nitrogen and oxygen atoms in total. The van der Waals surface area contributed by atoms with Gasteiger partial charge < -0.3 is 5.32 Å². The van der Waals surface area contributed by atoms with E-state index < -0.39 is 0 Å². The maximum absolute atomic E-state index is 11.8. The molecule has 0 aliphatic carbocycles. The van der Waals surface area contributed by atoms with E-state index in [1.54, 1.807) is 11.8 Å². The first-order chi connectivity index (χ1) is 7.99. The van der Waals surface area contributed by atoms with Gasteiger partial charge in [0.05, 0.1) is 0 Å². The number of rotatable bonds is 5. The van der Waals surface area contributed by atoms with Crippen molar-refractivity contribution in [2.45, 2.75) is 37.8 Å². The summed E-state index contributed by atoms with van der Waals surface area (Å²) in [4.78, 5) is 13.0. The number of hydrogen-bond acceptors (Lipinski definition) is 2. The maximum Gasteiger partial charge on any atom is 0.251 e. The normalized spacial score (nSPS) is 10.9. The molecule has 0 heterocycles. The van der Waals surface area contributed by atoms with Crippen LogP contribution in [0.1, 0.15) is 38.1 Å². The Morgan fingerprint density at radius 3 is 2.24 bits per heavy atom. The Balaban J connectivity index is 2.57. The molecule has 0 saturated heterocycles. The van der Waals surface area contributed by atoms with Crippen molar-refractivity contribution >= 4 is 17.7 Å². The second-order valence-electron chi connectivity index (χ2n) is 4.79. The average Bonchev–Trinajstić information content (AvgIpc) is 2.26. The van der Waals surface area contributed by atoms with Gasteiger partial charge in [0.1, 0.15) is 0 Å². The van der Waals surface area contributed by atoms with Crippen LogP contribution in [0, 0.1) is 5.92 Å². The molecule has 1 rings (SSSR count). The number of hydrogen-bond donors (Lipinski definition) is 1. The fourth-order valence-corrected chi connectivity index (χ4v) is 2.19. The van der Waals surface area contributed by atoms with E-state index in [0.29, 0.717) is 11.2 Å². The highest BCUT2D eigenvalue weighted by Crippen LogP contribution is 2.22. The fraction of sp³-hybridized carbons (Fsp3) is 0.500. The van der Waals surface area contributed by atoms with Crippen LogP contribution in [0.2, 0.25) is 0 Å². The molecule has 3 heteroatoms. The first-order valence-electron chi connectivity index (χ1n) is 6.04. The zero-order valence-electron chi connectivity index (χ0n) is 11.0. The van der Waals surface area contributed by atoms with Gasteiger partial charge in [0, 0.05) is 22.3 Å². The molecular formula is C14H21NOS. The lowest BCUT2D eigenvalue weighted by molar-refractivity contribution is 0.0949. The Kier molecular flexibility index (Phi) is 5.56. The quantitative estimate of drug-likeness (QED) is 0.811. The third-order valence-electron chi connectivity index (χ3n) is 2.16. The van der Waals surface area contributed by atoms with Gasteiger partial charge in [0.15, 0.2) is 0 Å². The van der Waals surface area contributed by atoms with Crippen molar-refractivity contribution in [2.24, 2.45) is 5.92 Å². The number of thioether (sulfide) groups is 1. The molecule has 0 fully saturated rings. The molecule has 0 unspecified atom stereocenters. The minimum absolute atomic E-state index is 0.0137. The largest absolute Gasteiger partial charge is 0.352 e. The number of benzene rings is 1. The molecule has 1 amide bonds. The van der Waals surface area contributed by atoms with Crippen molar-refractivity contribution in [3.05, 3.63) is 29.8 Å². The zero-order valence-corrected chi connectivity index (χ0v) is 11.8. The lowest BCUT2D eigenvalue weighted by Gasteiger charge is -2.08. The molecule has 1 aromatic rings. The first-order valence-corrected chi connectivity index (χ1v) is 6.92. The minimum Gasteiger partial charge on any atom is -0.352 e. The van der Waals surface area contributed by atoms with Crippen molar-refractivity contribution in [3.63, 3.8) is 0 Å². The second-order valence-corrected chi connectivity index (χ2v) is 6.44. The number of carbonyl (C=O) groups is 1. The van der Waals surface area contributed by atoms with Gasteiger partial charge in [-0.15, -0.1) is 11.8 Å². The lowest BCUT2D eigenvalue weighted by atomic mass is 10.2. The Labute approximate surface area is 108 Å². The summed E-state index contributed by atoms with van der Waals surface area (Å²) in [5.74, 6) is 0.495. The van der Waals surface area contributed by atoms with Gasteiger partial charge in [-0.25, -0.2) is 0 Å². The molecule has 0 aliphatic heterocycles. The number of amides is 1. The summed E-state index contributed by atoms with van der Waals surface area (Å²) in [6, 6.07) is 7.80. The Morgan fingerprint density at radius 2 is 1.76 bits per heavy atom. The van der Waals surface area contributed by atoms with E-state index in [2.05, 4.69) is 33.0 Å².